The third-order valence-corrected chi connectivity index (χ3v) is 1.62. The number of nitrogens with one attached hydrogen (secondary N) is 1. The van der Waals surface area contributed by atoms with Crippen molar-refractivity contribution in [2.75, 3.05) is 11.9 Å². The van der Waals surface area contributed by atoms with Gasteiger partial charge in [-0.25, -0.2) is 0 Å². The van der Waals surface area contributed by atoms with Gasteiger partial charge in [-0.3, -0.25) is 4.79 Å². The van der Waals surface area contributed by atoms with Crippen LogP contribution in [0.25, 0.3) is 6.20 Å². The second kappa shape index (κ2) is 2.27. The zero-order valence-electron chi connectivity index (χ0n) is 5.95. The number of hydrogen-bond acceptors (Lipinski definition) is 2. The molecule has 0 radical (unpaired) electrons. The molecule has 0 atom stereocenters. The largest absolute Gasteiger partial charge is 0.368 e. The molecule has 0 aliphatic carbocycles. The van der Waals surface area contributed by atoms with Crippen molar-refractivity contribution < 1.29 is 0 Å². The van der Waals surface area contributed by atoms with Gasteiger partial charge in [-0.15, -0.1) is 0 Å². The quantitative estimate of drug-likeness (QED) is 0.589. The van der Waals surface area contributed by atoms with Gasteiger partial charge in [-0.1, -0.05) is 0 Å². The Kier molecular flexibility index (Phi) is 1.28. The molecule has 0 spiro atoms. The summed E-state index contributed by atoms with van der Waals surface area (Å²) in [4.78, 5) is 10.9. The highest BCUT2D eigenvalue weighted by molar-refractivity contribution is 5.48. The highest BCUT2D eigenvalue weighted by atomic mass is 16.1. The molecule has 1 N–H and O–H groups in total. The number of hydrogen-bond donors (Lipinski definition) is 1. The highest BCUT2D eigenvalue weighted by Crippen LogP contribution is 2.07. The van der Waals surface area contributed by atoms with Gasteiger partial charge in [-0.05, 0) is 6.08 Å². The predicted molar refractivity (Wildman–Crippen MR) is 44.5 cm³/mol. The molecule has 0 saturated carbocycles. The number of aromatic nitrogens is 1. The molecule has 1 aromatic rings. The molecule has 1 aliphatic rings. The summed E-state index contributed by atoms with van der Waals surface area (Å²) in [5.74, 6) is 0.861. The van der Waals surface area contributed by atoms with Gasteiger partial charge < -0.3 is 9.88 Å². The molecule has 3 nitrogen and oxygen atoms in total. The summed E-state index contributed by atoms with van der Waals surface area (Å²) in [6.45, 7) is 0.795. The number of rotatable bonds is 0. The standard InChI is InChI=1S/C8H8N2O/c11-7-2-5-10-4-1-3-9-8(10)6-7/h1-2,4-6,9H,3H2. The summed E-state index contributed by atoms with van der Waals surface area (Å²) in [5.41, 5.74) is 0.0408. The highest BCUT2D eigenvalue weighted by Gasteiger charge is 1.99. The van der Waals surface area contributed by atoms with Crippen molar-refractivity contribution in [1.29, 1.82) is 0 Å². The minimum atomic E-state index is 0.0408. The van der Waals surface area contributed by atoms with E-state index >= 15 is 0 Å². The van der Waals surface area contributed by atoms with Crippen LogP contribution in [0.1, 0.15) is 0 Å². The Morgan fingerprint density at radius 1 is 1.55 bits per heavy atom. The third-order valence-electron chi connectivity index (χ3n) is 1.62. The summed E-state index contributed by atoms with van der Waals surface area (Å²) in [6.07, 6.45) is 5.68. The first-order valence-electron chi connectivity index (χ1n) is 3.49. The maximum absolute atomic E-state index is 10.9. The maximum atomic E-state index is 10.9. The molecule has 56 valence electrons. The van der Waals surface area contributed by atoms with E-state index in [1.807, 2.05) is 16.8 Å². The van der Waals surface area contributed by atoms with Crippen LogP contribution in [0, 0.1) is 0 Å². The predicted octanol–water partition coefficient (Wildman–Crippen LogP) is 0.744. The topological polar surface area (TPSA) is 34.0 Å². The van der Waals surface area contributed by atoms with E-state index in [0.717, 1.165) is 12.4 Å². The summed E-state index contributed by atoms with van der Waals surface area (Å²) in [5, 5.41) is 3.08. The van der Waals surface area contributed by atoms with Crippen LogP contribution >= 0.6 is 0 Å². The molecule has 0 unspecified atom stereocenters. The van der Waals surface area contributed by atoms with E-state index in [0.29, 0.717) is 0 Å². The number of nitrogens with zero attached hydrogens (tertiary/aromatic N) is 1. The molecule has 0 bridgehead atoms. The smallest absolute Gasteiger partial charge is 0.183 e. The fourth-order valence-corrected chi connectivity index (χ4v) is 1.09. The first kappa shape index (κ1) is 6.22. The molecule has 11 heavy (non-hydrogen) atoms. The van der Waals surface area contributed by atoms with Crippen LogP contribution < -0.4 is 10.7 Å². The lowest BCUT2D eigenvalue weighted by Gasteiger charge is -2.13. The van der Waals surface area contributed by atoms with Crippen LogP contribution in [-0.2, 0) is 0 Å². The van der Waals surface area contributed by atoms with Crippen molar-refractivity contribution in [3.05, 3.63) is 34.6 Å². The number of fused-ring (bicyclic) bond motifs is 1. The molecule has 2 rings (SSSR count). The maximum Gasteiger partial charge on any atom is 0.183 e. The van der Waals surface area contributed by atoms with E-state index in [4.69, 9.17) is 0 Å². The first-order valence-corrected chi connectivity index (χ1v) is 3.49. The SMILES string of the molecule is O=c1ccn2c(c1)NCC=C2. The van der Waals surface area contributed by atoms with Gasteiger partial charge in [0.1, 0.15) is 5.82 Å². The molecule has 1 aliphatic heterocycles. The monoisotopic (exact) mass is 148 g/mol. The van der Waals surface area contributed by atoms with Crippen LogP contribution in [0.2, 0.25) is 0 Å². The molecule has 0 fully saturated rings. The van der Waals surface area contributed by atoms with Gasteiger partial charge in [0, 0.05) is 31.1 Å². The van der Waals surface area contributed by atoms with Crippen LogP contribution in [0.5, 0.6) is 0 Å². The summed E-state index contributed by atoms with van der Waals surface area (Å²) >= 11 is 0. The molecular weight excluding hydrogens is 140 g/mol. The Balaban J connectivity index is 2.62. The van der Waals surface area contributed by atoms with Gasteiger partial charge >= 0.3 is 0 Å². The average molecular weight is 148 g/mol. The van der Waals surface area contributed by atoms with Gasteiger partial charge in [-0.2, -0.15) is 0 Å². The van der Waals surface area contributed by atoms with E-state index < -0.39 is 0 Å². The Morgan fingerprint density at radius 2 is 2.45 bits per heavy atom. The molecule has 1 aromatic heterocycles. The van der Waals surface area contributed by atoms with Crippen LogP contribution in [-0.4, -0.2) is 11.1 Å². The zero-order chi connectivity index (χ0) is 7.68. The van der Waals surface area contributed by atoms with Crippen LogP contribution in [0.15, 0.2) is 29.2 Å². The molecule has 0 amide bonds. The summed E-state index contributed by atoms with van der Waals surface area (Å²) in [7, 11) is 0. The Morgan fingerprint density at radius 3 is 3.36 bits per heavy atom. The first-order chi connectivity index (χ1) is 5.36. The van der Waals surface area contributed by atoms with Gasteiger partial charge in [0.2, 0.25) is 0 Å². The zero-order valence-corrected chi connectivity index (χ0v) is 5.95. The number of pyridine rings is 1. The second-order valence-electron chi connectivity index (χ2n) is 2.42. The van der Waals surface area contributed by atoms with E-state index in [2.05, 4.69) is 5.32 Å². The van der Waals surface area contributed by atoms with Crippen molar-refractivity contribution in [1.82, 2.24) is 4.57 Å². The van der Waals surface area contributed by atoms with Crippen molar-refractivity contribution in [2.45, 2.75) is 0 Å². The lowest BCUT2D eigenvalue weighted by atomic mass is 10.4. The Labute approximate surface area is 64.0 Å². The third kappa shape index (κ3) is 1.05. The minimum absolute atomic E-state index is 0.0408. The average Bonchev–Trinajstić information content (AvgIpc) is 2.04. The van der Waals surface area contributed by atoms with Crippen LogP contribution in [0.3, 0.4) is 0 Å². The minimum Gasteiger partial charge on any atom is -0.368 e. The van der Waals surface area contributed by atoms with E-state index in [9.17, 15) is 4.79 Å². The molecular formula is C8H8N2O. The fraction of sp³-hybridized carbons (Fsp3) is 0.125. The van der Waals surface area contributed by atoms with Gasteiger partial charge in [0.25, 0.3) is 0 Å². The number of anilines is 1. The van der Waals surface area contributed by atoms with Crippen LogP contribution in [0.4, 0.5) is 5.82 Å². The molecule has 0 saturated heterocycles. The lowest BCUT2D eigenvalue weighted by molar-refractivity contribution is 1.06. The van der Waals surface area contributed by atoms with E-state index in [1.54, 1.807) is 18.3 Å². The summed E-state index contributed by atoms with van der Waals surface area (Å²) in [6, 6.07) is 3.13. The van der Waals surface area contributed by atoms with E-state index in [1.165, 1.54) is 0 Å². The van der Waals surface area contributed by atoms with Crippen molar-refractivity contribution in [3.8, 4) is 0 Å². The van der Waals surface area contributed by atoms with Gasteiger partial charge in [0.15, 0.2) is 5.43 Å². The fourth-order valence-electron chi connectivity index (χ4n) is 1.09. The van der Waals surface area contributed by atoms with Gasteiger partial charge in [0.05, 0.1) is 0 Å². The Bertz CT molecular complexity index is 351. The lowest BCUT2D eigenvalue weighted by Crippen LogP contribution is -2.13. The molecule has 2 heterocycles. The second-order valence-corrected chi connectivity index (χ2v) is 2.42. The molecule has 0 aromatic carbocycles. The van der Waals surface area contributed by atoms with Crippen molar-refractivity contribution in [2.24, 2.45) is 0 Å². The van der Waals surface area contributed by atoms with Crippen molar-refractivity contribution in [3.63, 3.8) is 0 Å². The summed E-state index contributed by atoms with van der Waals surface area (Å²) < 4.78 is 1.88. The van der Waals surface area contributed by atoms with E-state index in [-0.39, 0.29) is 5.43 Å². The Hall–Kier alpha value is -1.51. The van der Waals surface area contributed by atoms with Crippen molar-refractivity contribution >= 4 is 12.0 Å². The normalized spacial score (nSPS) is 13.8. The molecule has 3 heteroatoms.